The summed E-state index contributed by atoms with van der Waals surface area (Å²) in [6.45, 7) is 0. The van der Waals surface area contributed by atoms with Crippen molar-refractivity contribution < 1.29 is 4.42 Å². The van der Waals surface area contributed by atoms with Crippen molar-refractivity contribution in [2.45, 2.75) is 0 Å². The lowest BCUT2D eigenvalue weighted by atomic mass is 10.0. The zero-order chi connectivity index (χ0) is 30.5. The van der Waals surface area contributed by atoms with Crippen LogP contribution >= 0.6 is 0 Å². The fourth-order valence-electron chi connectivity index (χ4n) is 6.73. The van der Waals surface area contributed by atoms with Crippen LogP contribution in [0.3, 0.4) is 0 Å². The van der Waals surface area contributed by atoms with E-state index in [1.54, 1.807) is 0 Å². The molecule has 0 N–H and O–H groups in total. The number of rotatable bonds is 5. The second-order valence-electron chi connectivity index (χ2n) is 11.8. The zero-order valence-electron chi connectivity index (χ0n) is 25.1. The Morgan fingerprint density at radius 2 is 0.891 bits per heavy atom. The van der Waals surface area contributed by atoms with E-state index in [1.165, 1.54) is 38.1 Å². The lowest BCUT2D eigenvalue weighted by Gasteiger charge is -2.26. The van der Waals surface area contributed by atoms with Gasteiger partial charge in [0.1, 0.15) is 11.2 Å². The molecule has 0 unspecified atom stereocenters. The van der Waals surface area contributed by atoms with Crippen LogP contribution < -0.4 is 4.90 Å². The van der Waals surface area contributed by atoms with Gasteiger partial charge in [-0.15, -0.1) is 0 Å². The third kappa shape index (κ3) is 4.51. The highest BCUT2D eigenvalue weighted by Gasteiger charge is 2.15. The molecule has 2 nitrogen and oxygen atoms in total. The third-order valence-corrected chi connectivity index (χ3v) is 9.04. The molecule has 0 fully saturated rings. The van der Waals surface area contributed by atoms with E-state index in [0.29, 0.717) is 0 Å². The van der Waals surface area contributed by atoms with E-state index >= 15 is 0 Å². The van der Waals surface area contributed by atoms with Crippen LogP contribution in [0.5, 0.6) is 0 Å². The van der Waals surface area contributed by atoms with Crippen LogP contribution in [0.25, 0.3) is 65.7 Å². The standard InChI is InChI=1S/C44H29NO/c1-2-8-30(9-3-1)32-14-21-37(22-15-32)45(39-25-18-31-10-4-5-12-35(31)28-39)38-23-16-33(17-24-38)36-19-26-41-43(29-36)46-42-27-20-34-11-6-7-13-40(34)44(41)42/h1-29H. The second-order valence-corrected chi connectivity index (χ2v) is 11.8. The average Bonchev–Trinajstić information content (AvgIpc) is 3.51. The first-order valence-electron chi connectivity index (χ1n) is 15.7. The molecule has 0 aliphatic rings. The minimum absolute atomic E-state index is 0.907. The molecule has 9 aromatic rings. The van der Waals surface area contributed by atoms with E-state index < -0.39 is 0 Å². The number of nitrogens with zero attached hydrogens (tertiary/aromatic N) is 1. The van der Waals surface area contributed by atoms with E-state index in [1.807, 2.05) is 0 Å². The first-order valence-corrected chi connectivity index (χ1v) is 15.7. The zero-order valence-corrected chi connectivity index (χ0v) is 25.1. The minimum Gasteiger partial charge on any atom is -0.456 e. The maximum atomic E-state index is 6.37. The average molecular weight is 588 g/mol. The Bertz CT molecular complexity index is 2510. The summed E-state index contributed by atoms with van der Waals surface area (Å²) in [7, 11) is 0. The number of hydrogen-bond acceptors (Lipinski definition) is 2. The Morgan fingerprint density at radius 3 is 1.65 bits per heavy atom. The predicted molar refractivity (Wildman–Crippen MR) is 194 cm³/mol. The quantitative estimate of drug-likeness (QED) is 0.199. The van der Waals surface area contributed by atoms with Crippen LogP contribution in [-0.2, 0) is 0 Å². The van der Waals surface area contributed by atoms with E-state index in [4.69, 9.17) is 4.42 Å². The third-order valence-electron chi connectivity index (χ3n) is 9.04. The molecule has 0 aliphatic carbocycles. The summed E-state index contributed by atoms with van der Waals surface area (Å²) < 4.78 is 6.37. The lowest BCUT2D eigenvalue weighted by molar-refractivity contribution is 0.669. The van der Waals surface area contributed by atoms with Crippen LogP contribution in [0.2, 0.25) is 0 Å². The molecule has 2 heteroatoms. The van der Waals surface area contributed by atoms with Gasteiger partial charge in [-0.25, -0.2) is 0 Å². The molecule has 0 radical (unpaired) electrons. The molecule has 0 amide bonds. The molecule has 0 bridgehead atoms. The molecule has 0 saturated carbocycles. The van der Waals surface area contributed by atoms with Crippen molar-refractivity contribution in [3.05, 3.63) is 176 Å². The van der Waals surface area contributed by atoms with Gasteiger partial charge in [-0.2, -0.15) is 0 Å². The summed E-state index contributed by atoms with van der Waals surface area (Å²) in [5, 5.41) is 7.22. The molecule has 0 saturated heterocycles. The Kier molecular flexibility index (Phi) is 6.17. The number of anilines is 3. The van der Waals surface area contributed by atoms with Gasteiger partial charge in [-0.05, 0) is 98.4 Å². The number of hydrogen-bond donors (Lipinski definition) is 0. The van der Waals surface area contributed by atoms with Gasteiger partial charge in [0, 0.05) is 27.8 Å². The van der Waals surface area contributed by atoms with E-state index in [9.17, 15) is 0 Å². The summed E-state index contributed by atoms with van der Waals surface area (Å²) in [6.07, 6.45) is 0. The van der Waals surface area contributed by atoms with Crippen molar-refractivity contribution in [3.63, 3.8) is 0 Å². The Labute approximate surface area is 267 Å². The molecule has 216 valence electrons. The highest BCUT2D eigenvalue weighted by atomic mass is 16.3. The molecule has 1 heterocycles. The van der Waals surface area contributed by atoms with Crippen molar-refractivity contribution in [2.24, 2.45) is 0 Å². The van der Waals surface area contributed by atoms with Crippen LogP contribution in [0.15, 0.2) is 180 Å². The molecule has 0 atom stereocenters. The van der Waals surface area contributed by atoms with Gasteiger partial charge in [0.2, 0.25) is 0 Å². The van der Waals surface area contributed by atoms with Crippen molar-refractivity contribution in [3.8, 4) is 22.3 Å². The number of fused-ring (bicyclic) bond motifs is 6. The fourth-order valence-corrected chi connectivity index (χ4v) is 6.73. The molecule has 46 heavy (non-hydrogen) atoms. The molecule has 9 rings (SSSR count). The van der Waals surface area contributed by atoms with Gasteiger partial charge in [0.25, 0.3) is 0 Å². The Balaban J connectivity index is 1.11. The topological polar surface area (TPSA) is 16.4 Å². The predicted octanol–water partition coefficient (Wildman–Crippen LogP) is 12.7. The number of benzene rings is 8. The van der Waals surface area contributed by atoms with Crippen molar-refractivity contribution >= 4 is 60.5 Å². The fraction of sp³-hybridized carbons (Fsp3) is 0. The molecule has 8 aromatic carbocycles. The van der Waals surface area contributed by atoms with E-state index in [0.717, 1.165) is 44.7 Å². The Morgan fingerprint density at radius 1 is 0.326 bits per heavy atom. The summed E-state index contributed by atoms with van der Waals surface area (Å²) in [5.74, 6) is 0. The SMILES string of the molecule is c1ccc(-c2ccc(N(c3ccc(-c4ccc5c(c4)oc4ccc6ccccc6c45)cc3)c3ccc4ccccc4c3)cc2)cc1. The van der Waals surface area contributed by atoms with Crippen LogP contribution in [-0.4, -0.2) is 0 Å². The number of furan rings is 1. The maximum absolute atomic E-state index is 6.37. The maximum Gasteiger partial charge on any atom is 0.136 e. The summed E-state index contributed by atoms with van der Waals surface area (Å²) in [5.41, 5.74) is 9.85. The van der Waals surface area contributed by atoms with Crippen LogP contribution in [0.4, 0.5) is 17.1 Å². The minimum atomic E-state index is 0.907. The first-order chi connectivity index (χ1) is 22.8. The summed E-state index contributed by atoms with van der Waals surface area (Å²) in [4.78, 5) is 2.33. The van der Waals surface area contributed by atoms with Crippen molar-refractivity contribution in [1.29, 1.82) is 0 Å². The molecule has 0 spiro atoms. The second kappa shape index (κ2) is 10.8. The van der Waals surface area contributed by atoms with Crippen molar-refractivity contribution in [2.75, 3.05) is 4.90 Å². The summed E-state index contributed by atoms with van der Waals surface area (Å²) in [6, 6.07) is 62.7. The largest absolute Gasteiger partial charge is 0.456 e. The van der Waals surface area contributed by atoms with Crippen LogP contribution in [0.1, 0.15) is 0 Å². The monoisotopic (exact) mass is 587 g/mol. The molecular formula is C44H29NO. The van der Waals surface area contributed by atoms with Gasteiger partial charge in [0.05, 0.1) is 0 Å². The van der Waals surface area contributed by atoms with E-state index in [2.05, 4.69) is 181 Å². The molecular weight excluding hydrogens is 558 g/mol. The van der Waals surface area contributed by atoms with E-state index in [-0.39, 0.29) is 0 Å². The van der Waals surface area contributed by atoms with Gasteiger partial charge in [0.15, 0.2) is 0 Å². The van der Waals surface area contributed by atoms with Gasteiger partial charge in [-0.3, -0.25) is 0 Å². The first kappa shape index (κ1) is 26.3. The highest BCUT2D eigenvalue weighted by molar-refractivity contribution is 6.19. The smallest absolute Gasteiger partial charge is 0.136 e. The van der Waals surface area contributed by atoms with Crippen molar-refractivity contribution in [1.82, 2.24) is 0 Å². The van der Waals surface area contributed by atoms with Crippen LogP contribution in [0, 0.1) is 0 Å². The van der Waals surface area contributed by atoms with Gasteiger partial charge >= 0.3 is 0 Å². The van der Waals surface area contributed by atoms with Gasteiger partial charge in [-0.1, -0.05) is 121 Å². The normalized spacial score (nSPS) is 11.5. The van der Waals surface area contributed by atoms with Gasteiger partial charge < -0.3 is 9.32 Å². The Hall–Kier alpha value is -6.12. The summed E-state index contributed by atoms with van der Waals surface area (Å²) >= 11 is 0. The highest BCUT2D eigenvalue weighted by Crippen LogP contribution is 2.40. The molecule has 0 aliphatic heterocycles. The molecule has 1 aromatic heterocycles. The lowest BCUT2D eigenvalue weighted by Crippen LogP contribution is -2.09.